The van der Waals surface area contributed by atoms with Crippen molar-refractivity contribution in [1.29, 1.82) is 0 Å². The Bertz CT molecular complexity index is 442. The summed E-state index contributed by atoms with van der Waals surface area (Å²) in [6.45, 7) is 4.41. The van der Waals surface area contributed by atoms with E-state index in [0.29, 0.717) is 18.3 Å². The summed E-state index contributed by atoms with van der Waals surface area (Å²) in [5, 5.41) is 0.628. The number of hydrogen-bond acceptors (Lipinski definition) is 3. The number of aryl methyl sites for hydroxylation is 1. The van der Waals surface area contributed by atoms with Crippen LogP contribution in [0.5, 0.6) is 0 Å². The van der Waals surface area contributed by atoms with Crippen molar-refractivity contribution < 1.29 is 9.53 Å². The molecular formula is C16H23NO2S. The van der Waals surface area contributed by atoms with Gasteiger partial charge in [0.2, 0.25) is 5.91 Å². The molecule has 0 bridgehead atoms. The lowest BCUT2D eigenvalue weighted by molar-refractivity contribution is -0.132. The first-order valence-electron chi connectivity index (χ1n) is 7.19. The van der Waals surface area contributed by atoms with Crippen LogP contribution in [0, 0.1) is 6.92 Å². The van der Waals surface area contributed by atoms with Gasteiger partial charge in [-0.05, 0) is 31.9 Å². The average molecular weight is 293 g/mol. The van der Waals surface area contributed by atoms with E-state index in [1.165, 1.54) is 10.5 Å². The molecule has 4 heteroatoms. The van der Waals surface area contributed by atoms with Crippen molar-refractivity contribution in [2.75, 3.05) is 26.8 Å². The van der Waals surface area contributed by atoms with Gasteiger partial charge < -0.3 is 9.64 Å². The van der Waals surface area contributed by atoms with Gasteiger partial charge in [-0.15, -0.1) is 11.8 Å². The standard InChI is InChI=1S/C16H23NO2S/c1-13-4-3-5-15(12-13)20-14-6-9-17(10-7-14)16(18)8-11-19-2/h3-5,12,14H,6-11H2,1-2H3. The Labute approximate surface area is 125 Å². The van der Waals surface area contributed by atoms with Gasteiger partial charge in [0.05, 0.1) is 13.0 Å². The molecule has 0 atom stereocenters. The number of thioether (sulfide) groups is 1. The van der Waals surface area contributed by atoms with Gasteiger partial charge in [-0.25, -0.2) is 0 Å². The van der Waals surface area contributed by atoms with Gasteiger partial charge in [-0.1, -0.05) is 17.7 Å². The van der Waals surface area contributed by atoms with E-state index in [2.05, 4.69) is 31.2 Å². The fraction of sp³-hybridized carbons (Fsp3) is 0.562. The van der Waals surface area contributed by atoms with Crippen LogP contribution in [0.1, 0.15) is 24.8 Å². The fourth-order valence-corrected chi connectivity index (χ4v) is 3.69. The van der Waals surface area contributed by atoms with E-state index in [1.54, 1.807) is 7.11 Å². The summed E-state index contributed by atoms with van der Waals surface area (Å²) in [6.07, 6.45) is 2.67. The predicted molar refractivity (Wildman–Crippen MR) is 83.1 cm³/mol. The summed E-state index contributed by atoms with van der Waals surface area (Å²) in [7, 11) is 1.64. The normalized spacial score (nSPS) is 16.4. The average Bonchev–Trinajstić information content (AvgIpc) is 2.45. The molecule has 0 saturated carbocycles. The monoisotopic (exact) mass is 293 g/mol. The lowest BCUT2D eigenvalue weighted by Crippen LogP contribution is -2.39. The maximum atomic E-state index is 11.9. The number of piperidine rings is 1. The Kier molecular flexibility index (Phi) is 5.92. The zero-order valence-corrected chi connectivity index (χ0v) is 13.1. The highest BCUT2D eigenvalue weighted by molar-refractivity contribution is 8.00. The van der Waals surface area contributed by atoms with Crippen molar-refractivity contribution in [2.24, 2.45) is 0 Å². The molecule has 0 N–H and O–H groups in total. The summed E-state index contributed by atoms with van der Waals surface area (Å²) in [6, 6.07) is 8.65. The van der Waals surface area contributed by atoms with Crippen molar-refractivity contribution in [1.82, 2.24) is 4.90 Å². The lowest BCUT2D eigenvalue weighted by Gasteiger charge is -2.31. The van der Waals surface area contributed by atoms with Crippen LogP contribution >= 0.6 is 11.8 Å². The van der Waals surface area contributed by atoms with E-state index < -0.39 is 0 Å². The summed E-state index contributed by atoms with van der Waals surface area (Å²) in [4.78, 5) is 15.2. The number of carbonyl (C=O) groups is 1. The van der Waals surface area contributed by atoms with E-state index >= 15 is 0 Å². The van der Waals surface area contributed by atoms with Crippen molar-refractivity contribution in [3.05, 3.63) is 29.8 Å². The van der Waals surface area contributed by atoms with Gasteiger partial charge in [-0.2, -0.15) is 0 Å². The number of amides is 1. The molecule has 1 amide bonds. The third-order valence-corrected chi connectivity index (χ3v) is 4.94. The van der Waals surface area contributed by atoms with E-state index in [4.69, 9.17) is 4.74 Å². The number of nitrogens with zero attached hydrogens (tertiary/aromatic N) is 1. The number of carbonyl (C=O) groups excluding carboxylic acids is 1. The Balaban J connectivity index is 1.78. The largest absolute Gasteiger partial charge is 0.384 e. The highest BCUT2D eigenvalue weighted by Crippen LogP contribution is 2.30. The van der Waals surface area contributed by atoms with Crippen molar-refractivity contribution in [3.63, 3.8) is 0 Å². The molecule has 0 spiro atoms. The van der Waals surface area contributed by atoms with E-state index in [1.807, 2.05) is 16.7 Å². The number of methoxy groups -OCH3 is 1. The van der Waals surface area contributed by atoms with Crippen molar-refractivity contribution in [3.8, 4) is 0 Å². The number of ether oxygens (including phenoxy) is 1. The number of hydrogen-bond donors (Lipinski definition) is 0. The molecule has 1 saturated heterocycles. The number of likely N-dealkylation sites (tertiary alicyclic amines) is 1. The molecule has 1 aromatic carbocycles. The summed E-state index contributed by atoms with van der Waals surface area (Å²) >= 11 is 1.95. The third kappa shape index (κ3) is 4.53. The first-order chi connectivity index (χ1) is 9.69. The second kappa shape index (κ2) is 7.70. The van der Waals surface area contributed by atoms with Gasteiger partial charge >= 0.3 is 0 Å². The first kappa shape index (κ1) is 15.4. The molecule has 1 fully saturated rings. The zero-order chi connectivity index (χ0) is 14.4. The topological polar surface area (TPSA) is 29.5 Å². The molecule has 2 rings (SSSR count). The van der Waals surface area contributed by atoms with Crippen LogP contribution in [0.15, 0.2) is 29.2 Å². The van der Waals surface area contributed by atoms with Crippen LogP contribution < -0.4 is 0 Å². The van der Waals surface area contributed by atoms with Crippen molar-refractivity contribution >= 4 is 17.7 Å². The molecule has 0 aliphatic carbocycles. The van der Waals surface area contributed by atoms with Crippen LogP contribution in [0.3, 0.4) is 0 Å². The SMILES string of the molecule is COCCC(=O)N1CCC(Sc2cccc(C)c2)CC1. The second-order valence-electron chi connectivity index (χ2n) is 5.26. The number of rotatable bonds is 5. The maximum Gasteiger partial charge on any atom is 0.224 e. The minimum atomic E-state index is 0.228. The molecule has 1 heterocycles. The molecule has 1 aromatic rings. The molecule has 110 valence electrons. The molecular weight excluding hydrogens is 270 g/mol. The maximum absolute atomic E-state index is 11.9. The number of benzene rings is 1. The molecule has 3 nitrogen and oxygen atoms in total. The van der Waals surface area contributed by atoms with Gasteiger partial charge in [0, 0.05) is 30.3 Å². The Morgan fingerprint density at radius 3 is 2.80 bits per heavy atom. The van der Waals surface area contributed by atoms with Crippen LogP contribution in [0.2, 0.25) is 0 Å². The molecule has 0 radical (unpaired) electrons. The van der Waals surface area contributed by atoms with E-state index in [0.717, 1.165) is 25.9 Å². The van der Waals surface area contributed by atoms with Gasteiger partial charge in [0.15, 0.2) is 0 Å². The Hall–Kier alpha value is -1.00. The summed E-state index contributed by atoms with van der Waals surface area (Å²) in [5.74, 6) is 0.228. The molecule has 20 heavy (non-hydrogen) atoms. The zero-order valence-electron chi connectivity index (χ0n) is 12.3. The molecule has 0 aromatic heterocycles. The first-order valence-corrected chi connectivity index (χ1v) is 8.07. The smallest absolute Gasteiger partial charge is 0.224 e. The Morgan fingerprint density at radius 2 is 2.15 bits per heavy atom. The van der Waals surface area contributed by atoms with Crippen LogP contribution in [-0.4, -0.2) is 42.9 Å². The molecule has 1 aliphatic heterocycles. The molecule has 0 unspecified atom stereocenters. The Morgan fingerprint density at radius 1 is 1.40 bits per heavy atom. The lowest BCUT2D eigenvalue weighted by atomic mass is 10.1. The second-order valence-corrected chi connectivity index (χ2v) is 6.63. The van der Waals surface area contributed by atoms with Crippen LogP contribution in [-0.2, 0) is 9.53 Å². The van der Waals surface area contributed by atoms with Crippen LogP contribution in [0.4, 0.5) is 0 Å². The predicted octanol–water partition coefficient (Wildman–Crippen LogP) is 3.11. The van der Waals surface area contributed by atoms with Gasteiger partial charge in [0.1, 0.15) is 0 Å². The van der Waals surface area contributed by atoms with Gasteiger partial charge in [-0.3, -0.25) is 4.79 Å². The minimum Gasteiger partial charge on any atom is -0.384 e. The highest BCUT2D eigenvalue weighted by Gasteiger charge is 2.23. The van der Waals surface area contributed by atoms with E-state index in [-0.39, 0.29) is 5.91 Å². The summed E-state index contributed by atoms with van der Waals surface area (Å²) in [5.41, 5.74) is 1.31. The van der Waals surface area contributed by atoms with Crippen molar-refractivity contribution in [2.45, 2.75) is 36.3 Å². The molecule has 1 aliphatic rings. The quantitative estimate of drug-likeness (QED) is 0.835. The van der Waals surface area contributed by atoms with Crippen LogP contribution in [0.25, 0.3) is 0 Å². The minimum absolute atomic E-state index is 0.228. The summed E-state index contributed by atoms with van der Waals surface area (Å²) < 4.78 is 4.96. The van der Waals surface area contributed by atoms with E-state index in [9.17, 15) is 4.79 Å². The van der Waals surface area contributed by atoms with Gasteiger partial charge in [0.25, 0.3) is 0 Å². The fourth-order valence-electron chi connectivity index (χ4n) is 2.45. The highest BCUT2D eigenvalue weighted by atomic mass is 32.2. The third-order valence-electron chi connectivity index (χ3n) is 3.61.